The number of thiophene rings is 1. The van der Waals surface area contributed by atoms with Gasteiger partial charge in [-0.2, -0.15) is 0 Å². The highest BCUT2D eigenvalue weighted by atomic mass is 32.1. The van der Waals surface area contributed by atoms with E-state index in [1.54, 1.807) is 0 Å². The average Bonchev–Trinajstić information content (AvgIpc) is 3.30. The first kappa shape index (κ1) is 21.8. The van der Waals surface area contributed by atoms with E-state index in [9.17, 15) is 14.4 Å². The second-order valence-corrected chi connectivity index (χ2v) is 8.12. The first-order valence-corrected chi connectivity index (χ1v) is 10.6. The molecular weight excluding hydrogens is 406 g/mol. The Kier molecular flexibility index (Phi) is 7.10. The second kappa shape index (κ2) is 9.75. The van der Waals surface area contributed by atoms with Crippen molar-refractivity contribution in [2.75, 3.05) is 26.1 Å². The topological polar surface area (TPSA) is 90.9 Å². The van der Waals surface area contributed by atoms with Crippen LogP contribution in [0.5, 0.6) is 5.75 Å². The smallest absolute Gasteiger partial charge is 0.341 e. The molecule has 7 nitrogen and oxygen atoms in total. The third kappa shape index (κ3) is 4.64. The number of fused-ring (bicyclic) bond motifs is 1. The van der Waals surface area contributed by atoms with E-state index < -0.39 is 11.9 Å². The number of anilines is 1. The molecular formula is C22H25NO6S. The number of nitrogens with one attached hydrogen (secondary N) is 1. The van der Waals surface area contributed by atoms with Gasteiger partial charge in [-0.1, -0.05) is 18.2 Å². The van der Waals surface area contributed by atoms with Crippen LogP contribution in [0.1, 0.15) is 51.5 Å². The number of esters is 2. The SMILES string of the molecule is COC(=O)c1c(NC(=O)CCCOc2ccccc2C)sc2c1C(C(=O)OC)CC2. The molecule has 1 heterocycles. The van der Waals surface area contributed by atoms with Crippen LogP contribution in [-0.2, 0) is 25.5 Å². The van der Waals surface area contributed by atoms with Gasteiger partial charge < -0.3 is 19.5 Å². The fourth-order valence-electron chi connectivity index (χ4n) is 3.56. The Hall–Kier alpha value is -2.87. The maximum Gasteiger partial charge on any atom is 0.341 e. The fourth-order valence-corrected chi connectivity index (χ4v) is 4.84. The quantitative estimate of drug-likeness (QED) is 0.504. The van der Waals surface area contributed by atoms with Crippen LogP contribution in [-0.4, -0.2) is 38.7 Å². The van der Waals surface area contributed by atoms with Gasteiger partial charge in [-0.25, -0.2) is 4.79 Å². The van der Waals surface area contributed by atoms with Crippen molar-refractivity contribution in [3.8, 4) is 5.75 Å². The molecule has 0 spiro atoms. The van der Waals surface area contributed by atoms with Gasteiger partial charge in [-0.05, 0) is 43.4 Å². The summed E-state index contributed by atoms with van der Waals surface area (Å²) >= 11 is 1.32. The predicted octanol–water partition coefficient (Wildman–Crippen LogP) is 3.84. The number of aryl methyl sites for hydroxylation is 2. The Morgan fingerprint density at radius 3 is 2.63 bits per heavy atom. The van der Waals surface area contributed by atoms with E-state index in [1.807, 2.05) is 31.2 Å². The zero-order chi connectivity index (χ0) is 21.7. The first-order valence-electron chi connectivity index (χ1n) is 9.76. The fraction of sp³-hybridized carbons (Fsp3) is 0.409. The van der Waals surface area contributed by atoms with E-state index >= 15 is 0 Å². The van der Waals surface area contributed by atoms with Crippen LogP contribution in [0.15, 0.2) is 24.3 Å². The van der Waals surface area contributed by atoms with Crippen molar-refractivity contribution in [2.45, 2.75) is 38.5 Å². The van der Waals surface area contributed by atoms with Gasteiger partial charge in [0.05, 0.1) is 32.3 Å². The molecule has 160 valence electrons. The first-order chi connectivity index (χ1) is 14.5. The number of rotatable bonds is 8. The maximum absolute atomic E-state index is 12.4. The molecule has 2 aromatic rings. The summed E-state index contributed by atoms with van der Waals surface area (Å²) in [4.78, 5) is 37.9. The minimum absolute atomic E-state index is 0.219. The number of carbonyl (C=O) groups is 3. The highest BCUT2D eigenvalue weighted by Crippen LogP contribution is 2.45. The summed E-state index contributed by atoms with van der Waals surface area (Å²) in [7, 11) is 2.61. The summed E-state index contributed by atoms with van der Waals surface area (Å²) in [5.41, 5.74) is 1.92. The molecule has 8 heteroatoms. The largest absolute Gasteiger partial charge is 0.493 e. The van der Waals surface area contributed by atoms with E-state index in [1.165, 1.54) is 25.6 Å². The molecule has 1 aromatic heterocycles. The Morgan fingerprint density at radius 2 is 1.93 bits per heavy atom. The zero-order valence-corrected chi connectivity index (χ0v) is 18.1. The minimum atomic E-state index is -0.568. The number of hydrogen-bond acceptors (Lipinski definition) is 7. The number of carbonyl (C=O) groups excluding carboxylic acids is 3. The van der Waals surface area contributed by atoms with Gasteiger partial charge in [0, 0.05) is 11.3 Å². The van der Waals surface area contributed by atoms with E-state index in [-0.39, 0.29) is 23.9 Å². The minimum Gasteiger partial charge on any atom is -0.493 e. The number of para-hydroxylation sites is 1. The van der Waals surface area contributed by atoms with E-state index in [0.717, 1.165) is 16.2 Å². The molecule has 3 rings (SSSR count). The van der Waals surface area contributed by atoms with Gasteiger partial charge in [-0.15, -0.1) is 11.3 Å². The molecule has 0 bridgehead atoms. The van der Waals surface area contributed by atoms with Crippen molar-refractivity contribution in [1.82, 2.24) is 0 Å². The van der Waals surface area contributed by atoms with Gasteiger partial charge in [0.2, 0.25) is 5.91 Å². The molecule has 1 amide bonds. The lowest BCUT2D eigenvalue weighted by Gasteiger charge is -2.12. The van der Waals surface area contributed by atoms with Crippen LogP contribution in [0.2, 0.25) is 0 Å². The van der Waals surface area contributed by atoms with Crippen LogP contribution in [0.3, 0.4) is 0 Å². The Labute approximate surface area is 179 Å². The van der Waals surface area contributed by atoms with Gasteiger partial charge in [0.15, 0.2) is 0 Å². The van der Waals surface area contributed by atoms with Crippen LogP contribution in [0.25, 0.3) is 0 Å². The van der Waals surface area contributed by atoms with E-state index in [4.69, 9.17) is 14.2 Å². The molecule has 30 heavy (non-hydrogen) atoms. The van der Waals surface area contributed by atoms with Gasteiger partial charge in [0.25, 0.3) is 0 Å². The zero-order valence-electron chi connectivity index (χ0n) is 17.3. The molecule has 0 aliphatic heterocycles. The lowest BCUT2D eigenvalue weighted by atomic mass is 9.99. The third-order valence-electron chi connectivity index (χ3n) is 5.06. The summed E-state index contributed by atoms with van der Waals surface area (Å²) < 4.78 is 15.5. The lowest BCUT2D eigenvalue weighted by molar-refractivity contribution is -0.142. The van der Waals surface area contributed by atoms with Gasteiger partial charge in [-0.3, -0.25) is 9.59 Å². The number of benzene rings is 1. The predicted molar refractivity (Wildman–Crippen MR) is 113 cm³/mol. The van der Waals surface area contributed by atoms with Crippen LogP contribution in [0, 0.1) is 6.92 Å². The molecule has 0 fully saturated rings. The molecule has 1 aliphatic carbocycles. The average molecular weight is 432 g/mol. The van der Waals surface area contributed by atoms with Gasteiger partial charge >= 0.3 is 11.9 Å². The number of amides is 1. The molecule has 0 radical (unpaired) electrons. The molecule has 0 saturated carbocycles. The third-order valence-corrected chi connectivity index (χ3v) is 6.24. The molecule has 1 unspecified atom stereocenters. The van der Waals surface area contributed by atoms with Crippen molar-refractivity contribution in [1.29, 1.82) is 0 Å². The molecule has 0 saturated heterocycles. The summed E-state index contributed by atoms with van der Waals surface area (Å²) in [6.07, 6.45) is 2.02. The number of ether oxygens (including phenoxy) is 3. The van der Waals surface area contributed by atoms with E-state index in [0.29, 0.717) is 36.4 Å². The normalized spacial score (nSPS) is 14.7. The molecule has 1 aliphatic rings. The Morgan fingerprint density at radius 1 is 1.17 bits per heavy atom. The highest BCUT2D eigenvalue weighted by Gasteiger charge is 2.38. The Balaban J connectivity index is 1.64. The molecule has 1 N–H and O–H groups in total. The monoisotopic (exact) mass is 431 g/mol. The van der Waals surface area contributed by atoms with Crippen LogP contribution >= 0.6 is 11.3 Å². The summed E-state index contributed by atoms with van der Waals surface area (Å²) in [6, 6.07) is 7.70. The maximum atomic E-state index is 12.4. The van der Waals surface area contributed by atoms with Crippen molar-refractivity contribution in [3.05, 3.63) is 45.8 Å². The van der Waals surface area contributed by atoms with Crippen molar-refractivity contribution in [3.63, 3.8) is 0 Å². The standard InChI is InChI=1S/C22H25NO6S/c1-13-7-4-5-8-15(13)29-12-6-9-17(24)23-20-19(22(26)28-3)18-14(21(25)27-2)10-11-16(18)30-20/h4-5,7-8,14H,6,9-12H2,1-3H3,(H,23,24). The number of hydrogen-bond donors (Lipinski definition) is 1. The summed E-state index contributed by atoms with van der Waals surface area (Å²) in [6.45, 7) is 2.38. The summed E-state index contributed by atoms with van der Waals surface area (Å²) in [5, 5.41) is 3.24. The lowest BCUT2D eigenvalue weighted by Crippen LogP contribution is -2.18. The molecule has 1 aromatic carbocycles. The van der Waals surface area contributed by atoms with Crippen molar-refractivity contribution < 1.29 is 28.6 Å². The van der Waals surface area contributed by atoms with Crippen molar-refractivity contribution >= 4 is 34.2 Å². The highest BCUT2D eigenvalue weighted by molar-refractivity contribution is 7.17. The van der Waals surface area contributed by atoms with Crippen LogP contribution in [0.4, 0.5) is 5.00 Å². The van der Waals surface area contributed by atoms with E-state index in [2.05, 4.69) is 5.32 Å². The van der Waals surface area contributed by atoms with Crippen LogP contribution < -0.4 is 10.1 Å². The molecule has 1 atom stereocenters. The summed E-state index contributed by atoms with van der Waals surface area (Å²) in [5.74, 6) is -0.884. The number of methoxy groups -OCH3 is 2. The van der Waals surface area contributed by atoms with Crippen molar-refractivity contribution in [2.24, 2.45) is 0 Å². The van der Waals surface area contributed by atoms with Gasteiger partial charge in [0.1, 0.15) is 10.8 Å². The second-order valence-electron chi connectivity index (χ2n) is 7.01. The Bertz CT molecular complexity index is 951.